The Bertz CT molecular complexity index is 305. The van der Waals surface area contributed by atoms with Crippen molar-refractivity contribution >= 4 is 0 Å². The molecule has 4 heteroatoms. The van der Waals surface area contributed by atoms with Crippen molar-refractivity contribution in [3.8, 4) is 0 Å². The van der Waals surface area contributed by atoms with Crippen molar-refractivity contribution in [2.75, 3.05) is 20.1 Å². The summed E-state index contributed by atoms with van der Waals surface area (Å²) in [7, 11) is 1.93. The van der Waals surface area contributed by atoms with Crippen LogP contribution in [0.2, 0.25) is 0 Å². The van der Waals surface area contributed by atoms with Crippen molar-refractivity contribution in [3.63, 3.8) is 0 Å². The number of rotatable bonds is 3. The fraction of sp³-hybridized carbons (Fsp3) is 0.727. The number of nitrogens with one attached hydrogen (secondary N) is 2. The number of nitrogens with zero attached hydrogens (tertiary/aromatic N) is 1. The number of hydrogen-bond acceptors (Lipinski definition) is 4. The zero-order valence-electron chi connectivity index (χ0n) is 9.42. The minimum Gasteiger partial charge on any atom is -0.444 e. The van der Waals surface area contributed by atoms with Crippen molar-refractivity contribution in [3.05, 3.63) is 17.8 Å². The Labute approximate surface area is 90.5 Å². The molecule has 0 saturated carbocycles. The molecule has 0 aliphatic carbocycles. The first kappa shape index (κ1) is 10.6. The maximum absolute atomic E-state index is 5.76. The first-order chi connectivity index (χ1) is 7.31. The van der Waals surface area contributed by atoms with Gasteiger partial charge in [0.1, 0.15) is 5.76 Å². The zero-order valence-corrected chi connectivity index (χ0v) is 9.42. The highest BCUT2D eigenvalue weighted by atomic mass is 16.4. The standard InChI is InChI=1S/C11H19N3O/c1-8(12-2)10-7-14-11(15-10)9-4-3-5-13-6-9/h7-9,12-13H,3-6H2,1-2H3. The summed E-state index contributed by atoms with van der Waals surface area (Å²) in [4.78, 5) is 4.36. The van der Waals surface area contributed by atoms with Gasteiger partial charge in [0.2, 0.25) is 0 Å². The van der Waals surface area contributed by atoms with Crippen LogP contribution in [0, 0.1) is 0 Å². The topological polar surface area (TPSA) is 50.1 Å². The highest BCUT2D eigenvalue weighted by Crippen LogP contribution is 2.24. The van der Waals surface area contributed by atoms with Crippen LogP contribution in [0.3, 0.4) is 0 Å². The maximum atomic E-state index is 5.76. The third kappa shape index (κ3) is 2.38. The summed E-state index contributed by atoms with van der Waals surface area (Å²) in [6.07, 6.45) is 4.23. The first-order valence-corrected chi connectivity index (χ1v) is 5.65. The van der Waals surface area contributed by atoms with Crippen LogP contribution in [0.4, 0.5) is 0 Å². The molecule has 2 rings (SSSR count). The van der Waals surface area contributed by atoms with Gasteiger partial charge < -0.3 is 15.1 Å². The molecule has 2 unspecified atom stereocenters. The monoisotopic (exact) mass is 209 g/mol. The Morgan fingerprint density at radius 2 is 2.53 bits per heavy atom. The van der Waals surface area contributed by atoms with Gasteiger partial charge in [0.25, 0.3) is 0 Å². The number of piperidine rings is 1. The predicted molar refractivity (Wildman–Crippen MR) is 58.8 cm³/mol. The summed E-state index contributed by atoms with van der Waals surface area (Å²) >= 11 is 0. The second-order valence-corrected chi connectivity index (χ2v) is 4.15. The van der Waals surface area contributed by atoms with Gasteiger partial charge in [-0.05, 0) is 33.4 Å². The summed E-state index contributed by atoms with van der Waals surface area (Å²) in [5, 5.41) is 6.52. The third-order valence-electron chi connectivity index (χ3n) is 3.05. The SMILES string of the molecule is CNC(C)c1cnc(C2CCCNC2)o1. The van der Waals surface area contributed by atoms with E-state index >= 15 is 0 Å². The van der Waals surface area contributed by atoms with Crippen LogP contribution in [-0.2, 0) is 0 Å². The van der Waals surface area contributed by atoms with E-state index in [-0.39, 0.29) is 6.04 Å². The molecule has 0 amide bonds. The van der Waals surface area contributed by atoms with Gasteiger partial charge in [-0.3, -0.25) is 0 Å². The maximum Gasteiger partial charge on any atom is 0.198 e. The van der Waals surface area contributed by atoms with E-state index < -0.39 is 0 Å². The largest absolute Gasteiger partial charge is 0.444 e. The van der Waals surface area contributed by atoms with Crippen LogP contribution < -0.4 is 10.6 Å². The van der Waals surface area contributed by atoms with Gasteiger partial charge in [-0.2, -0.15) is 0 Å². The molecule has 4 nitrogen and oxygen atoms in total. The lowest BCUT2D eigenvalue weighted by Crippen LogP contribution is -2.28. The van der Waals surface area contributed by atoms with Gasteiger partial charge in [0.05, 0.1) is 12.2 Å². The van der Waals surface area contributed by atoms with Gasteiger partial charge in [-0.1, -0.05) is 0 Å². The van der Waals surface area contributed by atoms with Crippen LogP contribution >= 0.6 is 0 Å². The first-order valence-electron chi connectivity index (χ1n) is 5.65. The fourth-order valence-corrected chi connectivity index (χ4v) is 1.89. The molecule has 1 aliphatic heterocycles. The summed E-state index contributed by atoms with van der Waals surface area (Å²) < 4.78 is 5.76. The van der Waals surface area contributed by atoms with E-state index in [4.69, 9.17) is 4.42 Å². The molecule has 2 N–H and O–H groups in total. The highest BCUT2D eigenvalue weighted by molar-refractivity contribution is 5.03. The van der Waals surface area contributed by atoms with Gasteiger partial charge >= 0.3 is 0 Å². The molecule has 2 heterocycles. The highest BCUT2D eigenvalue weighted by Gasteiger charge is 2.20. The van der Waals surface area contributed by atoms with Crippen LogP contribution in [0.5, 0.6) is 0 Å². The van der Waals surface area contributed by atoms with Gasteiger partial charge in [0, 0.05) is 12.5 Å². The lowest BCUT2D eigenvalue weighted by molar-refractivity contribution is 0.349. The molecule has 0 bridgehead atoms. The van der Waals surface area contributed by atoms with Crippen molar-refractivity contribution < 1.29 is 4.42 Å². The number of hydrogen-bond donors (Lipinski definition) is 2. The van der Waals surface area contributed by atoms with Gasteiger partial charge in [-0.15, -0.1) is 0 Å². The molecule has 84 valence electrons. The molecule has 1 aliphatic rings. The van der Waals surface area contributed by atoms with E-state index in [1.807, 2.05) is 13.2 Å². The molecular weight excluding hydrogens is 190 g/mol. The van der Waals surface area contributed by atoms with Gasteiger partial charge in [-0.25, -0.2) is 4.98 Å². The Morgan fingerprint density at radius 1 is 1.67 bits per heavy atom. The van der Waals surface area contributed by atoms with Crippen LogP contribution in [-0.4, -0.2) is 25.1 Å². The Hall–Kier alpha value is -0.870. The Kier molecular flexibility index (Phi) is 3.38. The lowest BCUT2D eigenvalue weighted by atomic mass is 10.00. The van der Waals surface area contributed by atoms with Gasteiger partial charge in [0.15, 0.2) is 5.89 Å². The molecule has 2 atom stereocenters. The molecule has 1 aromatic heterocycles. The third-order valence-corrected chi connectivity index (χ3v) is 3.05. The van der Waals surface area contributed by atoms with Crippen molar-refractivity contribution in [1.82, 2.24) is 15.6 Å². The second-order valence-electron chi connectivity index (χ2n) is 4.15. The molecular formula is C11H19N3O. The Morgan fingerprint density at radius 3 is 3.20 bits per heavy atom. The van der Waals surface area contributed by atoms with Crippen LogP contribution in [0.1, 0.15) is 43.4 Å². The molecule has 0 spiro atoms. The normalized spacial score (nSPS) is 24.0. The number of aromatic nitrogens is 1. The lowest BCUT2D eigenvalue weighted by Gasteiger charge is -2.19. The van der Waals surface area contributed by atoms with E-state index in [0.717, 1.165) is 24.7 Å². The average molecular weight is 209 g/mol. The van der Waals surface area contributed by atoms with E-state index in [1.165, 1.54) is 12.8 Å². The Balaban J connectivity index is 2.05. The number of oxazole rings is 1. The van der Waals surface area contributed by atoms with E-state index in [9.17, 15) is 0 Å². The predicted octanol–water partition coefficient (Wildman–Crippen LogP) is 1.42. The molecule has 1 aromatic rings. The molecule has 0 radical (unpaired) electrons. The molecule has 1 saturated heterocycles. The minimum atomic E-state index is 0.239. The van der Waals surface area contributed by atoms with Crippen molar-refractivity contribution in [1.29, 1.82) is 0 Å². The van der Waals surface area contributed by atoms with E-state index in [0.29, 0.717) is 5.92 Å². The molecule has 0 aromatic carbocycles. The van der Waals surface area contributed by atoms with Crippen molar-refractivity contribution in [2.24, 2.45) is 0 Å². The summed E-state index contributed by atoms with van der Waals surface area (Å²) in [6, 6.07) is 0.239. The summed E-state index contributed by atoms with van der Waals surface area (Å²) in [5.41, 5.74) is 0. The van der Waals surface area contributed by atoms with E-state index in [2.05, 4.69) is 22.5 Å². The quantitative estimate of drug-likeness (QED) is 0.790. The zero-order chi connectivity index (χ0) is 10.7. The van der Waals surface area contributed by atoms with Crippen LogP contribution in [0.25, 0.3) is 0 Å². The average Bonchev–Trinajstić information content (AvgIpc) is 2.78. The second kappa shape index (κ2) is 4.77. The van der Waals surface area contributed by atoms with E-state index in [1.54, 1.807) is 0 Å². The minimum absolute atomic E-state index is 0.239. The smallest absolute Gasteiger partial charge is 0.198 e. The summed E-state index contributed by atoms with van der Waals surface area (Å²) in [5.74, 6) is 2.27. The van der Waals surface area contributed by atoms with Crippen LogP contribution in [0.15, 0.2) is 10.6 Å². The van der Waals surface area contributed by atoms with Crippen molar-refractivity contribution in [2.45, 2.75) is 31.7 Å². The fourth-order valence-electron chi connectivity index (χ4n) is 1.89. The summed E-state index contributed by atoms with van der Waals surface area (Å²) in [6.45, 7) is 4.19. The molecule has 1 fully saturated rings. The molecule has 15 heavy (non-hydrogen) atoms.